The Balaban J connectivity index is 1.81. The van der Waals surface area contributed by atoms with Gasteiger partial charge in [0, 0.05) is 25.9 Å². The van der Waals surface area contributed by atoms with E-state index in [-0.39, 0.29) is 12.1 Å². The number of nitrogens with zero attached hydrogens (tertiary/aromatic N) is 2. The van der Waals surface area contributed by atoms with E-state index in [0.29, 0.717) is 13.1 Å². The van der Waals surface area contributed by atoms with Crippen molar-refractivity contribution >= 4 is 6.03 Å². The molecule has 5 heteroatoms. The van der Waals surface area contributed by atoms with E-state index >= 15 is 0 Å². The van der Waals surface area contributed by atoms with Crippen LogP contribution in [0.2, 0.25) is 0 Å². The number of nitrogens with one attached hydrogen (secondary N) is 1. The van der Waals surface area contributed by atoms with Gasteiger partial charge in [0.15, 0.2) is 0 Å². The molecule has 0 unspecified atom stereocenters. The summed E-state index contributed by atoms with van der Waals surface area (Å²) in [4.78, 5) is 18.4. The predicted molar refractivity (Wildman–Crippen MR) is 82.0 cm³/mol. The largest absolute Gasteiger partial charge is 0.376 e. The zero-order valence-corrected chi connectivity index (χ0v) is 13.0. The first-order valence-electron chi connectivity index (χ1n) is 7.75. The number of amides is 2. The van der Waals surface area contributed by atoms with Crippen LogP contribution in [0, 0.1) is 6.92 Å². The number of aromatic nitrogens is 1. The lowest BCUT2D eigenvalue weighted by Crippen LogP contribution is -2.47. The van der Waals surface area contributed by atoms with Crippen molar-refractivity contribution < 1.29 is 9.53 Å². The van der Waals surface area contributed by atoms with E-state index < -0.39 is 0 Å². The Kier molecular flexibility index (Phi) is 5.99. The van der Waals surface area contributed by atoms with Crippen molar-refractivity contribution in [2.75, 3.05) is 19.7 Å². The average molecular weight is 291 g/mol. The number of pyridine rings is 1. The highest BCUT2D eigenvalue weighted by molar-refractivity contribution is 5.74. The molecule has 1 aliphatic rings. The SMILES string of the molecule is CCCO[C@H]1CCCN(C(=O)NCc2ncccc2C)C1. The summed E-state index contributed by atoms with van der Waals surface area (Å²) in [6, 6.07) is 3.88. The summed E-state index contributed by atoms with van der Waals surface area (Å²) >= 11 is 0. The normalized spacial score (nSPS) is 18.6. The fourth-order valence-electron chi connectivity index (χ4n) is 2.52. The maximum atomic E-state index is 12.2. The smallest absolute Gasteiger partial charge is 0.317 e. The summed E-state index contributed by atoms with van der Waals surface area (Å²) in [6.07, 6.45) is 5.00. The number of hydrogen-bond donors (Lipinski definition) is 1. The number of aryl methyl sites for hydroxylation is 1. The quantitative estimate of drug-likeness (QED) is 0.907. The molecule has 1 N–H and O–H groups in total. The summed E-state index contributed by atoms with van der Waals surface area (Å²) in [5.41, 5.74) is 2.02. The molecule has 1 fully saturated rings. The van der Waals surface area contributed by atoms with Crippen molar-refractivity contribution in [2.24, 2.45) is 0 Å². The fourth-order valence-corrected chi connectivity index (χ4v) is 2.52. The number of likely N-dealkylation sites (tertiary alicyclic amines) is 1. The first-order valence-corrected chi connectivity index (χ1v) is 7.75. The molecule has 2 heterocycles. The molecule has 1 aromatic heterocycles. The highest BCUT2D eigenvalue weighted by Crippen LogP contribution is 2.14. The molecule has 0 saturated carbocycles. The third kappa shape index (κ3) is 4.70. The van der Waals surface area contributed by atoms with Crippen molar-refractivity contribution in [1.29, 1.82) is 0 Å². The Labute approximate surface area is 126 Å². The van der Waals surface area contributed by atoms with Crippen molar-refractivity contribution in [1.82, 2.24) is 15.2 Å². The van der Waals surface area contributed by atoms with E-state index in [1.54, 1.807) is 6.20 Å². The summed E-state index contributed by atoms with van der Waals surface area (Å²) in [6.45, 7) is 6.84. The number of rotatable bonds is 5. The number of carbonyl (C=O) groups excluding carboxylic acids is 1. The van der Waals surface area contributed by atoms with Crippen molar-refractivity contribution in [3.05, 3.63) is 29.6 Å². The molecular weight excluding hydrogens is 266 g/mol. The van der Waals surface area contributed by atoms with Crippen LogP contribution in [-0.4, -0.2) is 41.7 Å². The standard InChI is InChI=1S/C16H25N3O2/c1-3-10-21-14-7-5-9-19(12-14)16(20)18-11-15-13(2)6-4-8-17-15/h4,6,8,14H,3,5,7,9-12H2,1-2H3,(H,18,20)/t14-/m0/s1. The van der Waals surface area contributed by atoms with E-state index in [2.05, 4.69) is 17.2 Å². The van der Waals surface area contributed by atoms with Crippen LogP contribution in [0.5, 0.6) is 0 Å². The molecule has 116 valence electrons. The van der Waals surface area contributed by atoms with Crippen molar-refractivity contribution in [3.63, 3.8) is 0 Å². The Morgan fingerprint density at radius 1 is 1.57 bits per heavy atom. The maximum absolute atomic E-state index is 12.2. The lowest BCUT2D eigenvalue weighted by Gasteiger charge is -2.32. The van der Waals surface area contributed by atoms with Gasteiger partial charge in [0.05, 0.1) is 18.3 Å². The Morgan fingerprint density at radius 3 is 3.19 bits per heavy atom. The molecule has 21 heavy (non-hydrogen) atoms. The molecule has 0 spiro atoms. The monoisotopic (exact) mass is 291 g/mol. The van der Waals surface area contributed by atoms with Crippen LogP contribution in [-0.2, 0) is 11.3 Å². The molecule has 0 aliphatic carbocycles. The second kappa shape index (κ2) is 7.98. The fraction of sp³-hybridized carbons (Fsp3) is 0.625. The van der Waals surface area contributed by atoms with E-state index in [0.717, 1.165) is 43.7 Å². The highest BCUT2D eigenvalue weighted by Gasteiger charge is 2.23. The summed E-state index contributed by atoms with van der Waals surface area (Å²) in [7, 11) is 0. The molecule has 0 bridgehead atoms. The van der Waals surface area contributed by atoms with E-state index in [4.69, 9.17) is 4.74 Å². The van der Waals surface area contributed by atoms with Gasteiger partial charge in [-0.2, -0.15) is 0 Å². The van der Waals surface area contributed by atoms with Crippen LogP contribution in [0.4, 0.5) is 4.79 Å². The Hall–Kier alpha value is -1.62. The van der Waals surface area contributed by atoms with Crippen LogP contribution < -0.4 is 5.32 Å². The first-order chi connectivity index (χ1) is 10.2. The van der Waals surface area contributed by atoms with Crippen LogP contribution >= 0.6 is 0 Å². The van der Waals surface area contributed by atoms with Gasteiger partial charge >= 0.3 is 6.03 Å². The van der Waals surface area contributed by atoms with Gasteiger partial charge in [-0.05, 0) is 37.8 Å². The van der Waals surface area contributed by atoms with Gasteiger partial charge in [-0.3, -0.25) is 4.98 Å². The molecule has 1 aromatic rings. The average Bonchev–Trinajstić information content (AvgIpc) is 2.52. The van der Waals surface area contributed by atoms with Gasteiger partial charge in [-0.15, -0.1) is 0 Å². The minimum Gasteiger partial charge on any atom is -0.376 e. The number of piperidine rings is 1. The van der Waals surface area contributed by atoms with Gasteiger partial charge in [0.25, 0.3) is 0 Å². The van der Waals surface area contributed by atoms with Gasteiger partial charge in [-0.25, -0.2) is 4.79 Å². The lowest BCUT2D eigenvalue weighted by molar-refractivity contribution is 0.01000. The first kappa shape index (κ1) is 15.8. The zero-order valence-electron chi connectivity index (χ0n) is 13.0. The van der Waals surface area contributed by atoms with Crippen molar-refractivity contribution in [2.45, 2.75) is 45.8 Å². The van der Waals surface area contributed by atoms with Gasteiger partial charge in [0.2, 0.25) is 0 Å². The highest BCUT2D eigenvalue weighted by atomic mass is 16.5. The van der Waals surface area contributed by atoms with Crippen LogP contribution in [0.25, 0.3) is 0 Å². The second-order valence-corrected chi connectivity index (χ2v) is 5.51. The van der Waals surface area contributed by atoms with E-state index in [1.807, 2.05) is 24.0 Å². The molecule has 1 aliphatic heterocycles. The lowest BCUT2D eigenvalue weighted by atomic mass is 10.1. The third-order valence-electron chi connectivity index (χ3n) is 3.75. The number of carbonyl (C=O) groups is 1. The summed E-state index contributed by atoms with van der Waals surface area (Å²) in [5, 5.41) is 2.96. The Morgan fingerprint density at radius 2 is 2.43 bits per heavy atom. The molecule has 1 atom stereocenters. The molecule has 1 saturated heterocycles. The molecule has 2 rings (SSSR count). The number of hydrogen-bond acceptors (Lipinski definition) is 3. The zero-order chi connectivity index (χ0) is 15.1. The second-order valence-electron chi connectivity index (χ2n) is 5.51. The number of ether oxygens (including phenoxy) is 1. The number of urea groups is 1. The molecule has 5 nitrogen and oxygen atoms in total. The molecular formula is C16H25N3O2. The Bertz CT molecular complexity index is 465. The van der Waals surface area contributed by atoms with Crippen LogP contribution in [0.1, 0.15) is 37.4 Å². The van der Waals surface area contributed by atoms with Crippen molar-refractivity contribution in [3.8, 4) is 0 Å². The van der Waals surface area contributed by atoms with E-state index in [9.17, 15) is 4.79 Å². The minimum atomic E-state index is -0.0233. The van der Waals surface area contributed by atoms with Gasteiger partial charge in [0.1, 0.15) is 0 Å². The van der Waals surface area contributed by atoms with Gasteiger partial charge < -0.3 is 15.0 Å². The van der Waals surface area contributed by atoms with Gasteiger partial charge in [-0.1, -0.05) is 13.0 Å². The maximum Gasteiger partial charge on any atom is 0.317 e. The molecule has 2 amide bonds. The third-order valence-corrected chi connectivity index (χ3v) is 3.75. The van der Waals surface area contributed by atoms with Crippen LogP contribution in [0.3, 0.4) is 0 Å². The molecule has 0 radical (unpaired) electrons. The van der Waals surface area contributed by atoms with Crippen LogP contribution in [0.15, 0.2) is 18.3 Å². The molecule has 0 aromatic carbocycles. The summed E-state index contributed by atoms with van der Waals surface area (Å²) < 4.78 is 5.76. The van der Waals surface area contributed by atoms with E-state index in [1.165, 1.54) is 0 Å². The summed E-state index contributed by atoms with van der Waals surface area (Å²) in [5.74, 6) is 0. The topological polar surface area (TPSA) is 54.5 Å². The minimum absolute atomic E-state index is 0.0233. The predicted octanol–water partition coefficient (Wildman–Crippen LogP) is 2.49.